The Morgan fingerprint density at radius 2 is 2.30 bits per heavy atom. The molecule has 5 nitrogen and oxygen atoms in total. The van der Waals surface area contributed by atoms with E-state index in [1.807, 2.05) is 19.2 Å². The zero-order valence-electron chi connectivity index (χ0n) is 12.2. The number of aryl methyl sites for hydroxylation is 2. The molecule has 2 heterocycles. The molecule has 0 bridgehead atoms. The second-order valence-electron chi connectivity index (χ2n) is 5.77. The van der Waals surface area contributed by atoms with Gasteiger partial charge in [0.25, 0.3) is 0 Å². The largest absolute Gasteiger partial charge is 0.392 e. The van der Waals surface area contributed by atoms with Gasteiger partial charge in [-0.15, -0.1) is 0 Å². The SMILES string of the molecule is Cc1cc(C)c(CNCC(O)CC2(O)CCOC2)cn1. The molecule has 112 valence electrons. The van der Waals surface area contributed by atoms with Crippen molar-refractivity contribution in [3.63, 3.8) is 0 Å². The van der Waals surface area contributed by atoms with Gasteiger partial charge in [-0.05, 0) is 31.0 Å². The van der Waals surface area contributed by atoms with Crippen LogP contribution in [0.15, 0.2) is 12.3 Å². The van der Waals surface area contributed by atoms with Crippen molar-refractivity contribution in [2.45, 2.75) is 44.9 Å². The van der Waals surface area contributed by atoms with Crippen molar-refractivity contribution in [3.05, 3.63) is 29.1 Å². The van der Waals surface area contributed by atoms with Gasteiger partial charge in [0.2, 0.25) is 0 Å². The summed E-state index contributed by atoms with van der Waals surface area (Å²) < 4.78 is 5.17. The van der Waals surface area contributed by atoms with Crippen molar-refractivity contribution in [1.29, 1.82) is 0 Å². The van der Waals surface area contributed by atoms with Crippen molar-refractivity contribution in [3.8, 4) is 0 Å². The number of pyridine rings is 1. The number of aliphatic hydroxyl groups is 2. The van der Waals surface area contributed by atoms with Gasteiger partial charge in [-0.3, -0.25) is 4.98 Å². The molecule has 1 aliphatic rings. The van der Waals surface area contributed by atoms with Gasteiger partial charge >= 0.3 is 0 Å². The standard InChI is InChI=1S/C15H24N2O3/c1-11-5-12(2)17-8-13(11)7-16-9-14(18)6-15(19)3-4-20-10-15/h5,8,14,16,18-19H,3-4,6-7,9-10H2,1-2H3. The van der Waals surface area contributed by atoms with Crippen LogP contribution in [0.5, 0.6) is 0 Å². The van der Waals surface area contributed by atoms with Crippen molar-refractivity contribution in [1.82, 2.24) is 10.3 Å². The third-order valence-corrected chi connectivity index (χ3v) is 3.75. The van der Waals surface area contributed by atoms with Crippen molar-refractivity contribution >= 4 is 0 Å². The van der Waals surface area contributed by atoms with Crippen molar-refractivity contribution in [2.75, 3.05) is 19.8 Å². The number of aromatic nitrogens is 1. The Morgan fingerprint density at radius 1 is 1.50 bits per heavy atom. The van der Waals surface area contributed by atoms with Gasteiger partial charge in [0, 0.05) is 44.4 Å². The van der Waals surface area contributed by atoms with Gasteiger partial charge < -0.3 is 20.3 Å². The molecule has 3 N–H and O–H groups in total. The topological polar surface area (TPSA) is 74.6 Å². The smallest absolute Gasteiger partial charge is 0.0927 e. The van der Waals surface area contributed by atoms with E-state index in [0.29, 0.717) is 39.1 Å². The summed E-state index contributed by atoms with van der Waals surface area (Å²) in [6.45, 7) is 6.05. The lowest BCUT2D eigenvalue weighted by molar-refractivity contribution is -0.0164. The minimum atomic E-state index is -0.859. The molecule has 1 aromatic heterocycles. The quantitative estimate of drug-likeness (QED) is 0.715. The molecule has 2 unspecified atom stereocenters. The highest BCUT2D eigenvalue weighted by molar-refractivity contribution is 5.24. The maximum absolute atomic E-state index is 10.1. The minimum absolute atomic E-state index is 0.324. The van der Waals surface area contributed by atoms with Crippen LogP contribution < -0.4 is 5.32 Å². The van der Waals surface area contributed by atoms with Crippen LogP contribution in [0.2, 0.25) is 0 Å². The fourth-order valence-electron chi connectivity index (χ4n) is 2.55. The Bertz CT molecular complexity index is 445. The first-order chi connectivity index (χ1) is 9.48. The molecule has 2 rings (SSSR count). The first kappa shape index (κ1) is 15.4. The third-order valence-electron chi connectivity index (χ3n) is 3.75. The predicted octanol–water partition coefficient (Wildman–Crippen LogP) is 0.690. The van der Waals surface area contributed by atoms with Gasteiger partial charge in [0.05, 0.1) is 18.3 Å². The lowest BCUT2D eigenvalue weighted by Gasteiger charge is -2.23. The number of ether oxygens (including phenoxy) is 1. The van der Waals surface area contributed by atoms with Crippen molar-refractivity contribution < 1.29 is 14.9 Å². The average molecular weight is 280 g/mol. The molecule has 0 aliphatic carbocycles. The second-order valence-corrected chi connectivity index (χ2v) is 5.77. The Labute approximate surface area is 120 Å². The highest BCUT2D eigenvalue weighted by Crippen LogP contribution is 2.23. The number of nitrogens with zero attached hydrogens (tertiary/aromatic N) is 1. The lowest BCUT2D eigenvalue weighted by atomic mass is 9.95. The molecule has 1 saturated heterocycles. The lowest BCUT2D eigenvalue weighted by Crippen LogP contribution is -2.38. The normalized spacial score (nSPS) is 24.0. The van der Waals surface area contributed by atoms with Crippen LogP contribution in [-0.2, 0) is 11.3 Å². The van der Waals surface area contributed by atoms with Crippen molar-refractivity contribution in [2.24, 2.45) is 0 Å². The maximum Gasteiger partial charge on any atom is 0.0927 e. The van der Waals surface area contributed by atoms with Crippen LogP contribution in [0, 0.1) is 13.8 Å². The number of hydrogen-bond acceptors (Lipinski definition) is 5. The molecule has 1 aromatic rings. The number of aliphatic hydroxyl groups excluding tert-OH is 1. The van der Waals surface area contributed by atoms with E-state index < -0.39 is 11.7 Å². The van der Waals surface area contributed by atoms with E-state index in [4.69, 9.17) is 4.74 Å². The second kappa shape index (κ2) is 6.63. The third kappa shape index (κ3) is 4.24. The zero-order valence-corrected chi connectivity index (χ0v) is 12.2. The van der Waals surface area contributed by atoms with Crippen LogP contribution in [0.3, 0.4) is 0 Å². The Morgan fingerprint density at radius 3 is 2.95 bits per heavy atom. The molecule has 2 atom stereocenters. The maximum atomic E-state index is 10.1. The minimum Gasteiger partial charge on any atom is -0.392 e. The number of nitrogens with one attached hydrogen (secondary N) is 1. The van der Waals surface area contributed by atoms with Crippen LogP contribution in [-0.4, -0.2) is 46.7 Å². The van der Waals surface area contributed by atoms with E-state index in [-0.39, 0.29) is 0 Å². The van der Waals surface area contributed by atoms with E-state index in [1.165, 1.54) is 5.56 Å². The summed E-state index contributed by atoms with van der Waals surface area (Å²) in [7, 11) is 0. The fraction of sp³-hybridized carbons (Fsp3) is 0.667. The Kier molecular flexibility index (Phi) is 5.10. The van der Waals surface area contributed by atoms with E-state index >= 15 is 0 Å². The highest BCUT2D eigenvalue weighted by Gasteiger charge is 2.34. The van der Waals surface area contributed by atoms with Gasteiger partial charge in [-0.1, -0.05) is 0 Å². The Hall–Kier alpha value is -1.01. The molecular formula is C15H24N2O3. The predicted molar refractivity (Wildman–Crippen MR) is 76.4 cm³/mol. The first-order valence-electron chi connectivity index (χ1n) is 7.09. The first-order valence-corrected chi connectivity index (χ1v) is 7.09. The van der Waals surface area contributed by atoms with Gasteiger partial charge in [0.1, 0.15) is 0 Å². The molecular weight excluding hydrogens is 256 g/mol. The van der Waals surface area contributed by atoms with Gasteiger partial charge in [-0.2, -0.15) is 0 Å². The summed E-state index contributed by atoms with van der Waals surface area (Å²) in [5.41, 5.74) is 2.48. The molecule has 0 amide bonds. The molecule has 1 fully saturated rings. The summed E-state index contributed by atoms with van der Waals surface area (Å²) in [5, 5.41) is 23.3. The summed E-state index contributed by atoms with van der Waals surface area (Å²) >= 11 is 0. The molecule has 0 aromatic carbocycles. The van der Waals surface area contributed by atoms with Crippen LogP contribution in [0.25, 0.3) is 0 Å². The van der Waals surface area contributed by atoms with Gasteiger partial charge in [-0.25, -0.2) is 0 Å². The summed E-state index contributed by atoms with van der Waals surface area (Å²) in [4.78, 5) is 4.27. The van der Waals surface area contributed by atoms with Crippen LogP contribution in [0.4, 0.5) is 0 Å². The molecule has 5 heteroatoms. The van der Waals surface area contributed by atoms with E-state index in [9.17, 15) is 10.2 Å². The van der Waals surface area contributed by atoms with E-state index in [2.05, 4.69) is 17.2 Å². The molecule has 0 spiro atoms. The van der Waals surface area contributed by atoms with E-state index in [0.717, 1.165) is 11.3 Å². The molecule has 0 radical (unpaired) electrons. The summed E-state index contributed by atoms with van der Waals surface area (Å²) in [6, 6.07) is 2.05. The number of rotatable bonds is 6. The molecule has 0 saturated carbocycles. The highest BCUT2D eigenvalue weighted by atomic mass is 16.5. The average Bonchev–Trinajstić information content (AvgIpc) is 2.78. The number of hydrogen-bond donors (Lipinski definition) is 3. The molecule has 1 aliphatic heterocycles. The zero-order chi connectivity index (χ0) is 14.6. The van der Waals surface area contributed by atoms with E-state index in [1.54, 1.807) is 0 Å². The Balaban J connectivity index is 1.75. The fourth-order valence-corrected chi connectivity index (χ4v) is 2.55. The molecule has 20 heavy (non-hydrogen) atoms. The van der Waals surface area contributed by atoms with Crippen LogP contribution in [0.1, 0.15) is 29.7 Å². The monoisotopic (exact) mass is 280 g/mol. The van der Waals surface area contributed by atoms with Gasteiger partial charge in [0.15, 0.2) is 0 Å². The van der Waals surface area contributed by atoms with Crippen LogP contribution >= 0.6 is 0 Å². The summed E-state index contributed by atoms with van der Waals surface area (Å²) in [5.74, 6) is 0. The summed E-state index contributed by atoms with van der Waals surface area (Å²) in [6.07, 6.45) is 2.25.